The Morgan fingerprint density at radius 2 is 1.58 bits per heavy atom. The van der Waals surface area contributed by atoms with Crippen LogP contribution in [0.15, 0.2) is 81.2 Å². The molecule has 184 valence electrons. The van der Waals surface area contributed by atoms with Crippen molar-refractivity contribution in [2.24, 2.45) is 0 Å². The highest BCUT2D eigenvalue weighted by Crippen LogP contribution is 2.35. The van der Waals surface area contributed by atoms with Crippen molar-refractivity contribution in [1.82, 2.24) is 0 Å². The highest BCUT2D eigenvalue weighted by Gasteiger charge is 2.30. The van der Waals surface area contributed by atoms with Crippen LogP contribution >= 0.6 is 31.9 Å². The second-order valence-electron chi connectivity index (χ2n) is 7.22. The molecule has 0 aliphatic heterocycles. The van der Waals surface area contributed by atoms with Crippen LogP contribution in [0.5, 0.6) is 5.75 Å². The minimum absolute atomic E-state index is 0.101. The predicted molar refractivity (Wildman–Crippen MR) is 136 cm³/mol. The minimum Gasteiger partial charge on any atom is -0.481 e. The van der Waals surface area contributed by atoms with Crippen LogP contribution in [-0.2, 0) is 15.8 Å². The van der Waals surface area contributed by atoms with E-state index in [1.165, 1.54) is 12.1 Å². The van der Waals surface area contributed by atoms with E-state index in [9.17, 15) is 28.0 Å². The molecule has 3 aromatic rings. The monoisotopic (exact) mass is 621 g/mol. The third kappa shape index (κ3) is 7.44. The second kappa shape index (κ2) is 11.9. The summed E-state index contributed by atoms with van der Waals surface area (Å²) in [6.07, 6.45) is -3.30. The molecule has 0 heterocycles. The normalized spacial score (nSPS) is 11.4. The number of anilines is 2. The Bertz CT molecular complexity index is 1330. The highest BCUT2D eigenvalue weighted by molar-refractivity contribution is 9.11. The molecular weight excluding hydrogens is 607 g/mol. The van der Waals surface area contributed by atoms with E-state index < -0.39 is 17.6 Å². The number of nitriles is 1. The number of carbonyl (C=O) groups excluding carboxylic acids is 2. The van der Waals surface area contributed by atoms with Crippen LogP contribution in [0.1, 0.15) is 11.1 Å². The first kappa shape index (κ1) is 27.0. The van der Waals surface area contributed by atoms with Gasteiger partial charge in [-0.05, 0) is 86.0 Å². The van der Waals surface area contributed by atoms with Crippen molar-refractivity contribution in [3.63, 3.8) is 0 Å². The molecule has 0 spiro atoms. The fraction of sp³-hybridized carbons (Fsp3) is 0.0800. The first-order valence-electron chi connectivity index (χ1n) is 10.1. The van der Waals surface area contributed by atoms with Crippen LogP contribution in [-0.4, -0.2) is 18.4 Å². The zero-order chi connectivity index (χ0) is 26.3. The summed E-state index contributed by atoms with van der Waals surface area (Å²) in [5.41, 5.74) is -0.315. The van der Waals surface area contributed by atoms with E-state index in [0.29, 0.717) is 25.9 Å². The van der Waals surface area contributed by atoms with Crippen molar-refractivity contribution >= 4 is 61.1 Å². The molecule has 0 saturated carbocycles. The summed E-state index contributed by atoms with van der Waals surface area (Å²) in [6.45, 7) is -0.274. The lowest BCUT2D eigenvalue weighted by molar-refractivity contribution is -0.137. The third-order valence-corrected chi connectivity index (χ3v) is 5.73. The van der Waals surface area contributed by atoms with Gasteiger partial charge >= 0.3 is 6.18 Å². The third-order valence-electron chi connectivity index (χ3n) is 4.55. The Morgan fingerprint density at radius 1 is 0.944 bits per heavy atom. The van der Waals surface area contributed by atoms with Gasteiger partial charge in [-0.15, -0.1) is 0 Å². The number of nitrogens with zero attached hydrogens (tertiary/aromatic N) is 1. The standard InChI is InChI=1S/C25H16Br2F3N3O3/c26-20-10-15(11-21(27)23(20)36-14-22(34)32-18-6-2-1-3-7-18)9-16(13-31)24(35)33-19-8-4-5-17(12-19)25(28,29)30/h1-12H,14H2,(H,32,34)(H,33,35)/b16-9+. The van der Waals surface area contributed by atoms with Gasteiger partial charge in [0.2, 0.25) is 0 Å². The van der Waals surface area contributed by atoms with Crippen LogP contribution in [0, 0.1) is 11.3 Å². The number of halogens is 5. The van der Waals surface area contributed by atoms with E-state index in [-0.39, 0.29) is 23.8 Å². The largest absolute Gasteiger partial charge is 0.481 e. The van der Waals surface area contributed by atoms with Crippen molar-refractivity contribution in [2.45, 2.75) is 6.18 Å². The first-order chi connectivity index (χ1) is 17.1. The van der Waals surface area contributed by atoms with Gasteiger partial charge in [0.15, 0.2) is 6.61 Å². The van der Waals surface area contributed by atoms with Gasteiger partial charge in [0.05, 0.1) is 14.5 Å². The van der Waals surface area contributed by atoms with Crippen LogP contribution in [0.25, 0.3) is 6.08 Å². The molecule has 0 fully saturated rings. The maximum Gasteiger partial charge on any atom is 0.416 e. The molecule has 0 bridgehead atoms. The second-order valence-corrected chi connectivity index (χ2v) is 8.93. The van der Waals surface area contributed by atoms with Gasteiger partial charge in [0.25, 0.3) is 11.8 Å². The molecule has 3 rings (SSSR count). The van der Waals surface area contributed by atoms with E-state index in [1.54, 1.807) is 42.5 Å². The molecule has 0 saturated heterocycles. The number of hydrogen-bond donors (Lipinski definition) is 2. The van der Waals surface area contributed by atoms with Crippen LogP contribution in [0.4, 0.5) is 24.5 Å². The quantitative estimate of drug-likeness (QED) is 0.224. The summed E-state index contributed by atoms with van der Waals surface area (Å²) >= 11 is 6.68. The molecule has 0 aliphatic carbocycles. The number of alkyl halides is 3. The molecule has 0 aromatic heterocycles. The molecule has 2 amide bonds. The number of hydrogen-bond acceptors (Lipinski definition) is 4. The Labute approximate surface area is 221 Å². The molecule has 2 N–H and O–H groups in total. The van der Waals surface area contributed by atoms with Gasteiger partial charge in [-0.25, -0.2) is 0 Å². The maximum absolute atomic E-state index is 12.9. The van der Waals surface area contributed by atoms with Crippen molar-refractivity contribution in [3.8, 4) is 11.8 Å². The number of rotatable bonds is 7. The molecule has 11 heteroatoms. The predicted octanol–water partition coefficient (Wildman–Crippen LogP) is 6.79. The molecule has 0 radical (unpaired) electrons. The van der Waals surface area contributed by atoms with Gasteiger partial charge in [-0.1, -0.05) is 24.3 Å². The molecule has 36 heavy (non-hydrogen) atoms. The Morgan fingerprint density at radius 3 is 2.19 bits per heavy atom. The van der Waals surface area contributed by atoms with Crippen molar-refractivity contribution < 1.29 is 27.5 Å². The van der Waals surface area contributed by atoms with Gasteiger partial charge in [0.1, 0.15) is 17.4 Å². The van der Waals surface area contributed by atoms with E-state index in [2.05, 4.69) is 42.5 Å². The number of ether oxygens (including phenoxy) is 1. The van der Waals surface area contributed by atoms with Crippen molar-refractivity contribution in [2.75, 3.05) is 17.2 Å². The Balaban J connectivity index is 1.71. The zero-order valence-corrected chi connectivity index (χ0v) is 21.4. The summed E-state index contributed by atoms with van der Waals surface area (Å²) in [6, 6.07) is 17.8. The van der Waals surface area contributed by atoms with E-state index in [4.69, 9.17) is 4.74 Å². The van der Waals surface area contributed by atoms with E-state index >= 15 is 0 Å². The van der Waals surface area contributed by atoms with Crippen molar-refractivity contribution in [1.29, 1.82) is 5.26 Å². The summed E-state index contributed by atoms with van der Waals surface area (Å²) in [7, 11) is 0. The smallest absolute Gasteiger partial charge is 0.416 e. The number of amides is 2. The lowest BCUT2D eigenvalue weighted by atomic mass is 10.1. The van der Waals surface area contributed by atoms with Gasteiger partial charge < -0.3 is 15.4 Å². The SMILES string of the molecule is N#C/C(=C\c1cc(Br)c(OCC(=O)Nc2ccccc2)c(Br)c1)C(=O)Nc1cccc(C(F)(F)F)c1. The number of para-hydroxylation sites is 1. The molecule has 6 nitrogen and oxygen atoms in total. The average Bonchev–Trinajstić information content (AvgIpc) is 2.82. The number of benzene rings is 3. The van der Waals surface area contributed by atoms with Crippen molar-refractivity contribution in [3.05, 3.63) is 92.4 Å². The minimum atomic E-state index is -4.57. The highest BCUT2D eigenvalue weighted by atomic mass is 79.9. The van der Waals surface area contributed by atoms with Crippen LogP contribution in [0.2, 0.25) is 0 Å². The van der Waals surface area contributed by atoms with E-state index in [1.807, 2.05) is 6.07 Å². The van der Waals surface area contributed by atoms with Gasteiger partial charge in [-0.3, -0.25) is 9.59 Å². The molecule has 0 atom stereocenters. The summed E-state index contributed by atoms with van der Waals surface area (Å²) in [5, 5.41) is 14.4. The maximum atomic E-state index is 12.9. The number of carbonyl (C=O) groups is 2. The summed E-state index contributed by atoms with van der Waals surface area (Å²) in [4.78, 5) is 24.6. The molecular formula is C25H16Br2F3N3O3. The summed E-state index contributed by atoms with van der Waals surface area (Å²) in [5.74, 6) is -0.925. The Hall–Kier alpha value is -3.62. The Kier molecular flexibility index (Phi) is 8.90. The molecule has 3 aromatic carbocycles. The number of nitrogens with one attached hydrogen (secondary N) is 2. The zero-order valence-electron chi connectivity index (χ0n) is 18.2. The molecule has 0 aliphatic rings. The lowest BCUT2D eigenvalue weighted by Gasteiger charge is -2.12. The van der Waals surface area contributed by atoms with Crippen LogP contribution in [0.3, 0.4) is 0 Å². The average molecular weight is 623 g/mol. The van der Waals surface area contributed by atoms with E-state index in [0.717, 1.165) is 18.2 Å². The first-order valence-corrected chi connectivity index (χ1v) is 11.7. The van der Waals surface area contributed by atoms with Gasteiger partial charge in [0, 0.05) is 11.4 Å². The van der Waals surface area contributed by atoms with Crippen LogP contribution < -0.4 is 15.4 Å². The summed E-state index contributed by atoms with van der Waals surface area (Å²) < 4.78 is 45.2. The fourth-order valence-electron chi connectivity index (χ4n) is 2.94. The lowest BCUT2D eigenvalue weighted by Crippen LogP contribution is -2.20. The van der Waals surface area contributed by atoms with Gasteiger partial charge in [-0.2, -0.15) is 18.4 Å². The fourth-order valence-corrected chi connectivity index (χ4v) is 4.39. The molecule has 0 unspecified atom stereocenters. The topological polar surface area (TPSA) is 91.2 Å².